The Kier molecular flexibility index (Phi) is 3.16. The lowest BCUT2D eigenvalue weighted by Crippen LogP contribution is -2.41. The van der Waals surface area contributed by atoms with E-state index < -0.39 is 18.7 Å². The van der Waals surface area contributed by atoms with Crippen LogP contribution in [-0.2, 0) is 0 Å². The molecule has 1 aromatic carbocycles. The number of halogens is 5. The maximum Gasteiger partial charge on any atom is 0.456 e. The summed E-state index contributed by atoms with van der Waals surface area (Å²) in [5.41, 5.74) is 0. The van der Waals surface area contributed by atoms with E-state index in [0.29, 0.717) is 0 Å². The zero-order valence-electron chi connectivity index (χ0n) is 7.31. The molecule has 1 rings (SSSR count). The van der Waals surface area contributed by atoms with E-state index in [1.54, 1.807) is 0 Å². The van der Waals surface area contributed by atoms with Gasteiger partial charge in [-0.1, -0.05) is 12.1 Å². The first-order chi connectivity index (χ1) is 6.83. The lowest BCUT2D eigenvalue weighted by Gasteiger charge is -2.19. The second kappa shape index (κ2) is 4.04. The molecule has 0 aliphatic heterocycles. The summed E-state index contributed by atoms with van der Waals surface area (Å²) in [7, 11) is 0. The Morgan fingerprint density at radius 3 is 2.33 bits per heavy atom. The fourth-order valence-corrected chi connectivity index (χ4v) is 0.722. The van der Waals surface area contributed by atoms with Crippen LogP contribution in [0, 0.1) is 6.07 Å². The predicted molar refractivity (Wildman–Crippen MR) is 41.8 cm³/mol. The van der Waals surface area contributed by atoms with Crippen molar-refractivity contribution < 1.29 is 26.7 Å². The summed E-state index contributed by atoms with van der Waals surface area (Å²) in [5.74, 6) is -4.93. The Balaban J connectivity index is 2.58. The first kappa shape index (κ1) is 11.7. The lowest BCUT2D eigenvalue weighted by atomic mass is 10.3. The standard InChI is InChI=1S/C9H6F5O/c10-8(11,9(12,13)14)6-15-7-4-2-1-3-5-7/h1-2,4-5H,6H2. The van der Waals surface area contributed by atoms with E-state index in [0.717, 1.165) is 0 Å². The summed E-state index contributed by atoms with van der Waals surface area (Å²) in [6, 6.07) is 7.81. The van der Waals surface area contributed by atoms with Crippen molar-refractivity contribution in [3.8, 4) is 5.75 Å². The van der Waals surface area contributed by atoms with Gasteiger partial charge < -0.3 is 4.74 Å². The molecule has 6 heteroatoms. The number of rotatable bonds is 3. The predicted octanol–water partition coefficient (Wildman–Crippen LogP) is 3.06. The van der Waals surface area contributed by atoms with Crippen molar-refractivity contribution in [1.82, 2.24) is 0 Å². The second-order valence-corrected chi connectivity index (χ2v) is 2.73. The average molecular weight is 225 g/mol. The number of benzene rings is 1. The minimum absolute atomic E-state index is 0.0820. The van der Waals surface area contributed by atoms with Gasteiger partial charge >= 0.3 is 12.1 Å². The maximum atomic E-state index is 12.4. The van der Waals surface area contributed by atoms with Gasteiger partial charge in [0, 0.05) is 0 Å². The third-order valence-electron chi connectivity index (χ3n) is 1.51. The summed E-state index contributed by atoms with van der Waals surface area (Å²) in [5, 5.41) is 0. The summed E-state index contributed by atoms with van der Waals surface area (Å²) in [6.07, 6.45) is -5.59. The first-order valence-corrected chi connectivity index (χ1v) is 3.86. The van der Waals surface area contributed by atoms with Crippen LogP contribution in [0.2, 0.25) is 0 Å². The molecule has 83 valence electrons. The Morgan fingerprint density at radius 2 is 1.87 bits per heavy atom. The van der Waals surface area contributed by atoms with Crippen molar-refractivity contribution in [3.63, 3.8) is 0 Å². The van der Waals surface area contributed by atoms with Crippen molar-refractivity contribution >= 4 is 0 Å². The van der Waals surface area contributed by atoms with Crippen LogP contribution >= 0.6 is 0 Å². The number of hydrogen-bond donors (Lipinski definition) is 0. The Morgan fingerprint density at radius 1 is 1.20 bits per heavy atom. The molecule has 0 amide bonds. The van der Waals surface area contributed by atoms with E-state index in [1.807, 2.05) is 0 Å². The fraction of sp³-hybridized carbons (Fsp3) is 0.333. The molecule has 0 heterocycles. The minimum atomic E-state index is -5.59. The molecule has 0 saturated carbocycles. The van der Waals surface area contributed by atoms with Gasteiger partial charge in [-0.15, -0.1) is 0 Å². The molecular formula is C9H6F5O. The Bertz CT molecular complexity index is 306. The van der Waals surface area contributed by atoms with Crippen LogP contribution in [0.15, 0.2) is 24.3 Å². The van der Waals surface area contributed by atoms with Crippen molar-refractivity contribution in [2.24, 2.45) is 0 Å². The molecule has 15 heavy (non-hydrogen) atoms. The molecule has 0 aromatic heterocycles. The monoisotopic (exact) mass is 225 g/mol. The van der Waals surface area contributed by atoms with Crippen LogP contribution in [0.25, 0.3) is 0 Å². The molecule has 0 unspecified atom stereocenters. The molecule has 0 aliphatic rings. The molecule has 0 bridgehead atoms. The molecule has 1 radical (unpaired) electrons. The zero-order chi connectivity index (χ0) is 11.5. The SMILES string of the molecule is FC(F)(F)C(F)(F)COc1c[c]ccc1. The van der Waals surface area contributed by atoms with E-state index in [9.17, 15) is 22.0 Å². The number of ether oxygens (including phenoxy) is 1. The van der Waals surface area contributed by atoms with Gasteiger partial charge in [0.05, 0.1) is 0 Å². The molecule has 0 fully saturated rings. The van der Waals surface area contributed by atoms with Gasteiger partial charge in [0.15, 0.2) is 6.61 Å². The number of alkyl halides is 5. The van der Waals surface area contributed by atoms with Gasteiger partial charge in [0.1, 0.15) is 5.75 Å². The third-order valence-corrected chi connectivity index (χ3v) is 1.51. The topological polar surface area (TPSA) is 9.23 Å². The minimum Gasteiger partial charge on any atom is -0.487 e. The zero-order valence-corrected chi connectivity index (χ0v) is 7.31. The van der Waals surface area contributed by atoms with Gasteiger partial charge in [0.2, 0.25) is 0 Å². The van der Waals surface area contributed by atoms with Gasteiger partial charge in [-0.25, -0.2) is 0 Å². The molecular weight excluding hydrogens is 219 g/mol. The molecule has 0 atom stereocenters. The van der Waals surface area contributed by atoms with Crippen LogP contribution in [0.1, 0.15) is 0 Å². The van der Waals surface area contributed by atoms with E-state index in [1.165, 1.54) is 24.3 Å². The van der Waals surface area contributed by atoms with Crippen molar-refractivity contribution in [1.29, 1.82) is 0 Å². The quantitative estimate of drug-likeness (QED) is 0.718. The molecule has 0 aliphatic carbocycles. The highest BCUT2D eigenvalue weighted by atomic mass is 19.4. The summed E-state index contributed by atoms with van der Waals surface area (Å²) in [6.45, 7) is -1.73. The molecule has 0 spiro atoms. The Labute approximate surface area is 82.5 Å². The van der Waals surface area contributed by atoms with Gasteiger partial charge in [-0.2, -0.15) is 22.0 Å². The van der Waals surface area contributed by atoms with Crippen molar-refractivity contribution in [2.45, 2.75) is 12.1 Å². The second-order valence-electron chi connectivity index (χ2n) is 2.73. The molecule has 0 N–H and O–H groups in total. The number of hydrogen-bond acceptors (Lipinski definition) is 1. The highest BCUT2D eigenvalue weighted by molar-refractivity contribution is 5.20. The van der Waals surface area contributed by atoms with Crippen molar-refractivity contribution in [3.05, 3.63) is 30.3 Å². The normalized spacial score (nSPS) is 12.6. The van der Waals surface area contributed by atoms with E-state index in [4.69, 9.17) is 0 Å². The highest BCUT2D eigenvalue weighted by Crippen LogP contribution is 2.35. The van der Waals surface area contributed by atoms with Gasteiger partial charge in [0.25, 0.3) is 0 Å². The first-order valence-electron chi connectivity index (χ1n) is 3.86. The summed E-state index contributed by atoms with van der Waals surface area (Å²) < 4.78 is 64.1. The third kappa shape index (κ3) is 3.07. The maximum absolute atomic E-state index is 12.4. The molecule has 1 nitrogen and oxygen atoms in total. The van der Waals surface area contributed by atoms with Gasteiger partial charge in [-0.3, -0.25) is 0 Å². The molecule has 0 saturated heterocycles. The summed E-state index contributed by atoms with van der Waals surface area (Å²) >= 11 is 0. The highest BCUT2D eigenvalue weighted by Gasteiger charge is 2.58. The van der Waals surface area contributed by atoms with Gasteiger partial charge in [-0.05, 0) is 18.2 Å². The van der Waals surface area contributed by atoms with E-state index >= 15 is 0 Å². The average Bonchev–Trinajstić information content (AvgIpc) is 2.15. The molecule has 1 aromatic rings. The van der Waals surface area contributed by atoms with Crippen molar-refractivity contribution in [2.75, 3.05) is 6.61 Å². The van der Waals surface area contributed by atoms with Crippen LogP contribution < -0.4 is 4.74 Å². The van der Waals surface area contributed by atoms with E-state index in [2.05, 4.69) is 10.8 Å². The lowest BCUT2D eigenvalue weighted by molar-refractivity contribution is -0.290. The van der Waals surface area contributed by atoms with E-state index in [-0.39, 0.29) is 5.75 Å². The van der Waals surface area contributed by atoms with Crippen LogP contribution in [0.4, 0.5) is 22.0 Å². The van der Waals surface area contributed by atoms with Crippen LogP contribution in [0.3, 0.4) is 0 Å². The fourth-order valence-electron chi connectivity index (χ4n) is 0.722. The largest absolute Gasteiger partial charge is 0.487 e. The summed E-state index contributed by atoms with van der Waals surface area (Å²) in [4.78, 5) is 0. The Hall–Kier alpha value is -1.33. The van der Waals surface area contributed by atoms with Crippen LogP contribution in [0.5, 0.6) is 5.75 Å². The van der Waals surface area contributed by atoms with Crippen LogP contribution in [-0.4, -0.2) is 18.7 Å². The smallest absolute Gasteiger partial charge is 0.456 e.